The molecule has 0 radical (unpaired) electrons. The molecule has 1 aromatic heterocycles. The highest BCUT2D eigenvalue weighted by molar-refractivity contribution is 7.89. The lowest BCUT2D eigenvalue weighted by Crippen LogP contribution is -2.32. The molecule has 1 unspecified atom stereocenters. The molecule has 0 saturated carbocycles. The van der Waals surface area contributed by atoms with Gasteiger partial charge in [0.15, 0.2) is 0 Å². The van der Waals surface area contributed by atoms with Crippen LogP contribution in [0.4, 0.5) is 5.82 Å². The predicted octanol–water partition coefficient (Wildman–Crippen LogP) is 1.81. The molecule has 6 nitrogen and oxygen atoms in total. The number of hydrazine groups is 1. The molecule has 0 aromatic carbocycles. The molecule has 1 aromatic rings. The normalized spacial score (nSPS) is 21.2. The molecule has 1 aliphatic heterocycles. The number of hydrogen-bond acceptors (Lipinski definition) is 5. The van der Waals surface area contributed by atoms with Gasteiger partial charge in [-0.1, -0.05) is 13.8 Å². The Morgan fingerprint density at radius 3 is 2.81 bits per heavy atom. The first-order valence-electron chi connectivity index (χ1n) is 7.38. The van der Waals surface area contributed by atoms with Gasteiger partial charge >= 0.3 is 0 Å². The number of rotatable bonds is 4. The van der Waals surface area contributed by atoms with Crippen molar-refractivity contribution in [1.82, 2.24) is 9.29 Å². The highest BCUT2D eigenvalue weighted by Gasteiger charge is 2.28. The Morgan fingerprint density at radius 2 is 2.14 bits per heavy atom. The molecule has 3 N–H and O–H groups in total. The smallest absolute Gasteiger partial charge is 0.243 e. The zero-order chi connectivity index (χ0) is 15.5. The molecule has 2 heterocycles. The van der Waals surface area contributed by atoms with Crippen LogP contribution in [0.15, 0.2) is 23.2 Å². The van der Waals surface area contributed by atoms with E-state index in [1.54, 1.807) is 4.31 Å². The zero-order valence-electron chi connectivity index (χ0n) is 12.6. The van der Waals surface area contributed by atoms with Crippen LogP contribution >= 0.6 is 0 Å². The number of nitrogen functional groups attached to an aromatic ring is 1. The van der Waals surface area contributed by atoms with Gasteiger partial charge in [0.25, 0.3) is 0 Å². The lowest BCUT2D eigenvalue weighted by atomic mass is 9.89. The first-order valence-corrected chi connectivity index (χ1v) is 8.82. The molecule has 1 saturated heterocycles. The Hall–Kier alpha value is -1.18. The van der Waals surface area contributed by atoms with E-state index in [0.717, 1.165) is 19.3 Å². The van der Waals surface area contributed by atoms with Crippen LogP contribution in [0.5, 0.6) is 0 Å². The molecule has 1 atom stereocenters. The van der Waals surface area contributed by atoms with E-state index >= 15 is 0 Å². The Labute approximate surface area is 126 Å². The van der Waals surface area contributed by atoms with Gasteiger partial charge < -0.3 is 5.43 Å². The average molecular weight is 312 g/mol. The second-order valence-corrected chi connectivity index (χ2v) is 7.80. The third-order valence-electron chi connectivity index (χ3n) is 4.19. The van der Waals surface area contributed by atoms with Crippen molar-refractivity contribution >= 4 is 15.8 Å². The van der Waals surface area contributed by atoms with E-state index in [0.29, 0.717) is 30.7 Å². The van der Waals surface area contributed by atoms with Crippen molar-refractivity contribution in [2.75, 3.05) is 18.5 Å². The summed E-state index contributed by atoms with van der Waals surface area (Å²) in [6.45, 7) is 5.58. The summed E-state index contributed by atoms with van der Waals surface area (Å²) in [6, 6.07) is 2.99. The molecule has 21 heavy (non-hydrogen) atoms. The van der Waals surface area contributed by atoms with Gasteiger partial charge in [-0.3, -0.25) is 0 Å². The van der Waals surface area contributed by atoms with Gasteiger partial charge in [-0.05, 0) is 37.2 Å². The highest BCUT2D eigenvalue weighted by Crippen LogP contribution is 2.27. The number of nitrogens with two attached hydrogens (primary N) is 1. The Bertz CT molecular complexity index is 574. The summed E-state index contributed by atoms with van der Waals surface area (Å²) in [4.78, 5) is 4.20. The molecule has 7 heteroatoms. The standard InChI is InChI=1S/C14H24N4O2S/c1-11(2)12-4-3-8-18(9-6-12)21(19,20)13-5-7-16-14(10-13)17-15/h5,7,10-12H,3-4,6,8-9,15H2,1-2H3,(H,16,17). The number of aromatic nitrogens is 1. The number of pyridine rings is 1. The first kappa shape index (κ1) is 16.2. The third-order valence-corrected chi connectivity index (χ3v) is 6.09. The summed E-state index contributed by atoms with van der Waals surface area (Å²) in [5, 5.41) is 0. The summed E-state index contributed by atoms with van der Waals surface area (Å²) < 4.78 is 27.0. The Kier molecular flexibility index (Phi) is 5.18. The molecular weight excluding hydrogens is 288 g/mol. The second kappa shape index (κ2) is 6.72. The van der Waals surface area contributed by atoms with E-state index in [1.807, 2.05) is 0 Å². The van der Waals surface area contributed by atoms with E-state index < -0.39 is 10.0 Å². The van der Waals surface area contributed by atoms with E-state index in [9.17, 15) is 8.42 Å². The SMILES string of the molecule is CC(C)C1CCCN(S(=O)(=O)c2ccnc(NN)c2)CC1. The summed E-state index contributed by atoms with van der Waals surface area (Å²) in [5.74, 6) is 6.85. The lowest BCUT2D eigenvalue weighted by Gasteiger charge is -2.21. The van der Waals surface area contributed by atoms with Crippen LogP contribution in [0.3, 0.4) is 0 Å². The van der Waals surface area contributed by atoms with Gasteiger partial charge in [-0.15, -0.1) is 0 Å². The quantitative estimate of drug-likeness (QED) is 0.654. The number of nitrogens with one attached hydrogen (secondary N) is 1. The molecule has 1 aliphatic rings. The maximum absolute atomic E-state index is 12.7. The van der Waals surface area contributed by atoms with Crippen LogP contribution in [0.25, 0.3) is 0 Å². The van der Waals surface area contributed by atoms with Crippen LogP contribution in [0.2, 0.25) is 0 Å². The molecule has 0 bridgehead atoms. The van der Waals surface area contributed by atoms with Crippen LogP contribution in [0, 0.1) is 11.8 Å². The molecule has 0 spiro atoms. The third kappa shape index (κ3) is 3.72. The number of nitrogens with zero attached hydrogens (tertiary/aromatic N) is 2. The minimum Gasteiger partial charge on any atom is -0.308 e. The van der Waals surface area contributed by atoms with Crippen molar-refractivity contribution in [3.05, 3.63) is 18.3 Å². The minimum absolute atomic E-state index is 0.244. The molecule has 118 valence electrons. The summed E-state index contributed by atoms with van der Waals surface area (Å²) in [6.07, 6.45) is 4.38. The van der Waals surface area contributed by atoms with Crippen molar-refractivity contribution < 1.29 is 8.42 Å². The summed E-state index contributed by atoms with van der Waals surface area (Å²) >= 11 is 0. The fraction of sp³-hybridized carbons (Fsp3) is 0.643. The number of anilines is 1. The monoisotopic (exact) mass is 312 g/mol. The zero-order valence-corrected chi connectivity index (χ0v) is 13.4. The number of sulfonamides is 1. The van der Waals surface area contributed by atoms with Crippen molar-refractivity contribution in [2.24, 2.45) is 17.7 Å². The number of hydrogen-bond donors (Lipinski definition) is 2. The van der Waals surface area contributed by atoms with Gasteiger partial charge in [0.05, 0.1) is 4.90 Å². The van der Waals surface area contributed by atoms with Crippen LogP contribution in [-0.4, -0.2) is 30.8 Å². The summed E-state index contributed by atoms with van der Waals surface area (Å²) in [5.41, 5.74) is 2.38. The van der Waals surface area contributed by atoms with Gasteiger partial charge in [0.1, 0.15) is 5.82 Å². The van der Waals surface area contributed by atoms with Crippen LogP contribution in [0.1, 0.15) is 33.1 Å². The fourth-order valence-corrected chi connectivity index (χ4v) is 4.31. The van der Waals surface area contributed by atoms with Crippen molar-refractivity contribution in [2.45, 2.75) is 38.0 Å². The molecular formula is C14H24N4O2S. The van der Waals surface area contributed by atoms with Gasteiger partial charge in [0, 0.05) is 25.4 Å². The maximum Gasteiger partial charge on any atom is 0.243 e. The van der Waals surface area contributed by atoms with E-state index in [2.05, 4.69) is 24.3 Å². The van der Waals surface area contributed by atoms with E-state index in [1.165, 1.54) is 18.3 Å². The van der Waals surface area contributed by atoms with Gasteiger partial charge in [0.2, 0.25) is 10.0 Å². The second-order valence-electron chi connectivity index (χ2n) is 5.86. The Balaban J connectivity index is 2.19. The van der Waals surface area contributed by atoms with Crippen LogP contribution in [-0.2, 0) is 10.0 Å². The average Bonchev–Trinajstić information content (AvgIpc) is 2.73. The molecule has 1 fully saturated rings. The van der Waals surface area contributed by atoms with E-state index in [-0.39, 0.29) is 4.90 Å². The molecule has 0 amide bonds. The molecule has 0 aliphatic carbocycles. The largest absolute Gasteiger partial charge is 0.308 e. The first-order chi connectivity index (χ1) is 9.95. The fourth-order valence-electron chi connectivity index (χ4n) is 2.80. The van der Waals surface area contributed by atoms with Gasteiger partial charge in [-0.25, -0.2) is 19.2 Å². The van der Waals surface area contributed by atoms with Crippen molar-refractivity contribution in [3.8, 4) is 0 Å². The van der Waals surface area contributed by atoms with E-state index in [4.69, 9.17) is 5.84 Å². The van der Waals surface area contributed by atoms with Crippen molar-refractivity contribution in [1.29, 1.82) is 0 Å². The molecule has 2 rings (SSSR count). The van der Waals surface area contributed by atoms with Crippen molar-refractivity contribution in [3.63, 3.8) is 0 Å². The lowest BCUT2D eigenvalue weighted by molar-refractivity contribution is 0.341. The maximum atomic E-state index is 12.7. The minimum atomic E-state index is -3.47. The summed E-state index contributed by atoms with van der Waals surface area (Å²) in [7, 11) is -3.47. The highest BCUT2D eigenvalue weighted by atomic mass is 32.2. The predicted molar refractivity (Wildman–Crippen MR) is 83.0 cm³/mol. The van der Waals surface area contributed by atoms with Gasteiger partial charge in [-0.2, -0.15) is 4.31 Å². The van der Waals surface area contributed by atoms with Crippen LogP contribution < -0.4 is 11.3 Å². The Morgan fingerprint density at radius 1 is 1.38 bits per heavy atom. The topological polar surface area (TPSA) is 88.3 Å².